The number of nitrogens with two attached hydrogens (primary N) is 1. The van der Waals surface area contributed by atoms with Crippen molar-refractivity contribution in [3.63, 3.8) is 0 Å². The molecule has 0 bridgehead atoms. The van der Waals surface area contributed by atoms with Gasteiger partial charge in [-0.3, -0.25) is 14.4 Å². The molecule has 1 aromatic rings. The summed E-state index contributed by atoms with van der Waals surface area (Å²) in [5.74, 6) is -1.93. The lowest BCUT2D eigenvalue weighted by Gasteiger charge is -2.15. The number of carboxylic acid groups (broad SMARTS) is 1. The summed E-state index contributed by atoms with van der Waals surface area (Å²) in [7, 11) is 0. The van der Waals surface area contributed by atoms with Crippen molar-refractivity contribution in [3.8, 4) is 0 Å². The van der Waals surface area contributed by atoms with Gasteiger partial charge < -0.3 is 16.2 Å². The molecule has 0 radical (unpaired) electrons. The van der Waals surface area contributed by atoms with E-state index < -0.39 is 17.9 Å². The van der Waals surface area contributed by atoms with E-state index in [1.54, 1.807) is 0 Å². The van der Waals surface area contributed by atoms with Gasteiger partial charge in [-0.05, 0) is 12.0 Å². The monoisotopic (exact) mass is 278 g/mol. The van der Waals surface area contributed by atoms with Crippen molar-refractivity contribution < 1.29 is 19.5 Å². The highest BCUT2D eigenvalue weighted by atomic mass is 16.4. The van der Waals surface area contributed by atoms with E-state index in [-0.39, 0.29) is 25.2 Å². The molecule has 0 aliphatic rings. The van der Waals surface area contributed by atoms with Gasteiger partial charge >= 0.3 is 5.97 Å². The lowest BCUT2D eigenvalue weighted by molar-refractivity contribution is -0.137. The van der Waals surface area contributed by atoms with Crippen LogP contribution in [0.4, 0.5) is 0 Å². The van der Waals surface area contributed by atoms with Crippen LogP contribution in [0.5, 0.6) is 0 Å². The Morgan fingerprint density at radius 1 is 1.15 bits per heavy atom. The number of amides is 2. The van der Waals surface area contributed by atoms with Crippen LogP contribution < -0.4 is 11.1 Å². The summed E-state index contributed by atoms with van der Waals surface area (Å²) in [6, 6.07) is 8.42. The van der Waals surface area contributed by atoms with Gasteiger partial charge in [0.15, 0.2) is 0 Å². The van der Waals surface area contributed by atoms with Crippen molar-refractivity contribution in [1.82, 2.24) is 5.32 Å². The molecule has 1 atom stereocenters. The fourth-order valence-electron chi connectivity index (χ4n) is 1.74. The molecule has 1 rings (SSSR count). The molecule has 0 fully saturated rings. The Balaban J connectivity index is 2.49. The molecule has 0 aliphatic heterocycles. The van der Waals surface area contributed by atoms with Crippen molar-refractivity contribution in [3.05, 3.63) is 35.9 Å². The third-order valence-electron chi connectivity index (χ3n) is 2.76. The van der Waals surface area contributed by atoms with Gasteiger partial charge in [-0.25, -0.2) is 0 Å². The van der Waals surface area contributed by atoms with Gasteiger partial charge in [-0.1, -0.05) is 30.3 Å². The van der Waals surface area contributed by atoms with Gasteiger partial charge in [0.25, 0.3) is 0 Å². The van der Waals surface area contributed by atoms with Crippen molar-refractivity contribution in [2.24, 2.45) is 5.73 Å². The van der Waals surface area contributed by atoms with Gasteiger partial charge in [0.2, 0.25) is 11.8 Å². The van der Waals surface area contributed by atoms with E-state index in [9.17, 15) is 14.4 Å². The smallest absolute Gasteiger partial charge is 0.303 e. The number of primary amides is 1. The molecule has 2 amide bonds. The van der Waals surface area contributed by atoms with Crippen molar-refractivity contribution in [2.75, 3.05) is 0 Å². The Morgan fingerprint density at radius 3 is 2.35 bits per heavy atom. The summed E-state index contributed by atoms with van der Waals surface area (Å²) in [6.07, 6.45) is 0.539. The lowest BCUT2D eigenvalue weighted by atomic mass is 10.1. The first-order chi connectivity index (χ1) is 9.49. The molecule has 6 nitrogen and oxygen atoms in total. The second-order valence-electron chi connectivity index (χ2n) is 4.46. The third-order valence-corrected chi connectivity index (χ3v) is 2.76. The van der Waals surface area contributed by atoms with Crippen LogP contribution >= 0.6 is 0 Å². The quantitative estimate of drug-likeness (QED) is 0.641. The van der Waals surface area contributed by atoms with Crippen LogP contribution in [0.3, 0.4) is 0 Å². The van der Waals surface area contributed by atoms with E-state index in [1.165, 1.54) is 0 Å². The lowest BCUT2D eigenvalue weighted by Crippen LogP contribution is -2.45. The summed E-state index contributed by atoms with van der Waals surface area (Å²) in [5.41, 5.74) is 6.15. The molecule has 0 spiro atoms. The molecule has 1 aromatic carbocycles. The number of benzene rings is 1. The molecule has 108 valence electrons. The molecule has 6 heteroatoms. The van der Waals surface area contributed by atoms with E-state index in [1.807, 2.05) is 30.3 Å². The second kappa shape index (κ2) is 7.93. The van der Waals surface area contributed by atoms with Crippen LogP contribution in [0.15, 0.2) is 30.3 Å². The minimum Gasteiger partial charge on any atom is -0.481 e. The van der Waals surface area contributed by atoms with Crippen LogP contribution in [0.2, 0.25) is 0 Å². The fourth-order valence-corrected chi connectivity index (χ4v) is 1.74. The standard InChI is InChI=1S/C14H18N2O4/c15-14(20)11(9-10-5-2-1-3-6-10)16-12(17)7-4-8-13(18)19/h1-3,5-6,11H,4,7-9H2,(H2,15,20)(H,16,17)(H,18,19). The topological polar surface area (TPSA) is 109 Å². The van der Waals surface area contributed by atoms with Crippen LogP contribution in [0, 0.1) is 0 Å². The number of hydrogen-bond donors (Lipinski definition) is 3. The molecule has 0 aromatic heterocycles. The third kappa shape index (κ3) is 5.99. The van der Waals surface area contributed by atoms with Crippen molar-refractivity contribution in [2.45, 2.75) is 31.7 Å². The van der Waals surface area contributed by atoms with Crippen LogP contribution in [-0.2, 0) is 20.8 Å². The SMILES string of the molecule is NC(=O)C(Cc1ccccc1)NC(=O)CCCC(=O)O. The number of carbonyl (C=O) groups is 3. The molecule has 1 unspecified atom stereocenters. The molecule has 20 heavy (non-hydrogen) atoms. The molecular formula is C14H18N2O4. The van der Waals surface area contributed by atoms with E-state index in [4.69, 9.17) is 10.8 Å². The molecule has 4 N–H and O–H groups in total. The number of carbonyl (C=O) groups excluding carboxylic acids is 2. The number of carboxylic acids is 1. The molecule has 0 saturated carbocycles. The minimum absolute atomic E-state index is 0.0604. The Morgan fingerprint density at radius 2 is 1.80 bits per heavy atom. The van der Waals surface area contributed by atoms with Crippen molar-refractivity contribution >= 4 is 17.8 Å². The zero-order valence-electron chi connectivity index (χ0n) is 11.0. The molecule has 0 aliphatic carbocycles. The van der Waals surface area contributed by atoms with Gasteiger partial charge in [-0.2, -0.15) is 0 Å². The van der Waals surface area contributed by atoms with Crippen LogP contribution in [-0.4, -0.2) is 28.9 Å². The van der Waals surface area contributed by atoms with Gasteiger partial charge in [0.1, 0.15) is 6.04 Å². The first-order valence-corrected chi connectivity index (χ1v) is 6.33. The van der Waals surface area contributed by atoms with Gasteiger partial charge in [0, 0.05) is 19.3 Å². The molecule has 0 heterocycles. The normalized spacial score (nSPS) is 11.6. The largest absolute Gasteiger partial charge is 0.481 e. The number of nitrogens with one attached hydrogen (secondary N) is 1. The Hall–Kier alpha value is -2.37. The Labute approximate surface area is 117 Å². The fraction of sp³-hybridized carbons (Fsp3) is 0.357. The van der Waals surface area contributed by atoms with E-state index in [0.29, 0.717) is 6.42 Å². The van der Waals surface area contributed by atoms with Crippen LogP contribution in [0.25, 0.3) is 0 Å². The first kappa shape index (κ1) is 15.7. The Bertz CT molecular complexity index is 473. The number of rotatable bonds is 8. The maximum Gasteiger partial charge on any atom is 0.303 e. The predicted molar refractivity (Wildman–Crippen MR) is 72.8 cm³/mol. The van der Waals surface area contributed by atoms with Crippen molar-refractivity contribution in [1.29, 1.82) is 0 Å². The van der Waals surface area contributed by atoms with E-state index >= 15 is 0 Å². The van der Waals surface area contributed by atoms with Gasteiger partial charge in [0.05, 0.1) is 0 Å². The molecule has 0 saturated heterocycles. The summed E-state index contributed by atoms with van der Waals surface area (Å²) in [5, 5.41) is 11.0. The van der Waals surface area contributed by atoms with Crippen LogP contribution in [0.1, 0.15) is 24.8 Å². The number of hydrogen-bond acceptors (Lipinski definition) is 3. The van der Waals surface area contributed by atoms with Gasteiger partial charge in [-0.15, -0.1) is 0 Å². The minimum atomic E-state index is -0.950. The second-order valence-corrected chi connectivity index (χ2v) is 4.46. The average molecular weight is 278 g/mol. The van der Waals surface area contributed by atoms with E-state index in [0.717, 1.165) is 5.56 Å². The summed E-state index contributed by atoms with van der Waals surface area (Å²) < 4.78 is 0. The summed E-state index contributed by atoms with van der Waals surface area (Å²) >= 11 is 0. The predicted octanol–water partition coefficient (Wildman–Crippen LogP) is 0.454. The highest BCUT2D eigenvalue weighted by molar-refractivity contribution is 5.86. The maximum atomic E-state index is 11.6. The highest BCUT2D eigenvalue weighted by Crippen LogP contribution is 2.04. The zero-order chi connectivity index (χ0) is 15.0. The molecular weight excluding hydrogens is 260 g/mol. The Kier molecular flexibility index (Phi) is 6.22. The van der Waals surface area contributed by atoms with E-state index in [2.05, 4.69) is 5.32 Å². The zero-order valence-corrected chi connectivity index (χ0v) is 11.0. The number of aliphatic carboxylic acids is 1. The maximum absolute atomic E-state index is 11.6. The highest BCUT2D eigenvalue weighted by Gasteiger charge is 2.18. The first-order valence-electron chi connectivity index (χ1n) is 6.33. The summed E-state index contributed by atoms with van der Waals surface area (Å²) in [6.45, 7) is 0. The summed E-state index contributed by atoms with van der Waals surface area (Å²) in [4.78, 5) is 33.3. The average Bonchev–Trinajstić information content (AvgIpc) is 2.38.